The number of hydrogen-bond donors (Lipinski definition) is 4. The Kier molecular flexibility index (Phi) is 3.33. The summed E-state index contributed by atoms with van der Waals surface area (Å²) in [5, 5.41) is 13.5. The van der Waals surface area contributed by atoms with Gasteiger partial charge in [0.05, 0.1) is 12.2 Å². The molecule has 1 aromatic rings. The van der Waals surface area contributed by atoms with Crippen LogP contribution in [0.3, 0.4) is 0 Å². The number of carboxylic acid groups (broad SMARTS) is 1. The first-order chi connectivity index (χ1) is 8.00. The minimum Gasteiger partial charge on any atom is -0.480 e. The Hall–Kier alpha value is -1.16. The maximum absolute atomic E-state index is 11.5. The summed E-state index contributed by atoms with van der Waals surface area (Å²) in [4.78, 5) is 27.6. The number of nitrogens with zero attached hydrogens (tertiary/aromatic N) is 2. The lowest BCUT2D eigenvalue weighted by molar-refractivity contribution is -0.138. The van der Waals surface area contributed by atoms with Crippen LogP contribution in [0.4, 0.5) is 5.13 Å². The molecule has 2 atom stereocenters. The van der Waals surface area contributed by atoms with E-state index >= 15 is 0 Å². The molecule has 1 fully saturated rings. The van der Waals surface area contributed by atoms with Crippen LogP contribution < -0.4 is 16.0 Å². The van der Waals surface area contributed by atoms with Crippen molar-refractivity contribution in [2.45, 2.75) is 11.5 Å². The van der Waals surface area contributed by atoms with Gasteiger partial charge in [0.2, 0.25) is 5.91 Å². The summed E-state index contributed by atoms with van der Waals surface area (Å²) in [6, 6.07) is -1.18. The largest absolute Gasteiger partial charge is 0.480 e. The van der Waals surface area contributed by atoms with E-state index in [1.807, 2.05) is 0 Å². The highest BCUT2D eigenvalue weighted by molar-refractivity contribution is 7.81. The van der Waals surface area contributed by atoms with Crippen molar-refractivity contribution in [1.82, 2.24) is 10.3 Å². The van der Waals surface area contributed by atoms with Gasteiger partial charge in [0.25, 0.3) is 0 Å². The van der Waals surface area contributed by atoms with Gasteiger partial charge in [0.1, 0.15) is 11.5 Å². The molecule has 92 valence electrons. The van der Waals surface area contributed by atoms with Crippen molar-refractivity contribution in [3.63, 3.8) is 0 Å². The Bertz CT molecular complexity index is 463. The van der Waals surface area contributed by atoms with Crippen molar-refractivity contribution in [3.05, 3.63) is 11.1 Å². The van der Waals surface area contributed by atoms with Gasteiger partial charge in [0.15, 0.2) is 5.13 Å². The molecule has 0 radical (unpaired) electrons. The number of carbonyl (C=O) groups excluding carboxylic acids is 1. The van der Waals surface area contributed by atoms with Crippen molar-refractivity contribution < 1.29 is 14.7 Å². The second-order valence-electron chi connectivity index (χ2n) is 3.39. The normalized spacial score (nSPS) is 21.9. The van der Waals surface area contributed by atoms with E-state index in [9.17, 15) is 9.59 Å². The third-order valence-electron chi connectivity index (χ3n) is 2.25. The Balaban J connectivity index is 2.24. The van der Waals surface area contributed by atoms with E-state index < -0.39 is 17.5 Å². The van der Waals surface area contributed by atoms with E-state index in [4.69, 9.17) is 10.8 Å². The van der Waals surface area contributed by atoms with Gasteiger partial charge in [-0.15, -0.1) is 24.0 Å². The van der Waals surface area contributed by atoms with Crippen LogP contribution in [0.1, 0.15) is 11.7 Å². The standard InChI is InChI=1S/C8H10N4O3S2/c9-5(6(14)15)3-2-17-8(11-3)12-4(13)1-10-7(12)16/h2,5,7,10,16H,1,9H2,(H,14,15). The summed E-state index contributed by atoms with van der Waals surface area (Å²) >= 11 is 5.33. The smallest absolute Gasteiger partial charge is 0.326 e. The van der Waals surface area contributed by atoms with Crippen LogP contribution in [0.15, 0.2) is 5.38 Å². The molecule has 2 rings (SSSR count). The maximum Gasteiger partial charge on any atom is 0.326 e. The van der Waals surface area contributed by atoms with Gasteiger partial charge in [-0.05, 0) is 0 Å². The molecule has 17 heavy (non-hydrogen) atoms. The number of thiol groups is 1. The van der Waals surface area contributed by atoms with Gasteiger partial charge in [-0.1, -0.05) is 0 Å². The molecule has 1 aromatic heterocycles. The SMILES string of the molecule is NC(C(=O)O)c1csc(N2C(=O)CNC2S)n1. The van der Waals surface area contributed by atoms with E-state index in [2.05, 4.69) is 22.9 Å². The van der Waals surface area contributed by atoms with Crippen LogP contribution in [-0.4, -0.2) is 34.0 Å². The first-order valence-electron chi connectivity index (χ1n) is 4.68. The first-order valence-corrected chi connectivity index (χ1v) is 6.07. The fraction of sp³-hybridized carbons (Fsp3) is 0.375. The molecule has 1 aliphatic rings. The highest BCUT2D eigenvalue weighted by atomic mass is 32.1. The molecule has 1 aliphatic heterocycles. The molecule has 0 spiro atoms. The van der Waals surface area contributed by atoms with Crippen molar-refractivity contribution in [2.24, 2.45) is 5.73 Å². The molecule has 0 saturated carbocycles. The number of aliphatic carboxylic acids is 1. The van der Waals surface area contributed by atoms with Crippen molar-refractivity contribution >= 4 is 41.0 Å². The van der Waals surface area contributed by atoms with Crippen LogP contribution >= 0.6 is 24.0 Å². The Morgan fingerprint density at radius 1 is 1.82 bits per heavy atom. The quantitative estimate of drug-likeness (QED) is 0.547. The number of nitrogens with one attached hydrogen (secondary N) is 1. The Morgan fingerprint density at radius 3 is 3.06 bits per heavy atom. The third kappa shape index (κ3) is 2.27. The van der Waals surface area contributed by atoms with Crippen LogP contribution in [0.2, 0.25) is 0 Å². The van der Waals surface area contributed by atoms with Crippen LogP contribution in [0, 0.1) is 0 Å². The predicted octanol–water partition coefficient (Wildman–Crippen LogP) is -0.623. The van der Waals surface area contributed by atoms with E-state index in [0.29, 0.717) is 5.13 Å². The van der Waals surface area contributed by atoms with Crippen molar-refractivity contribution in [3.8, 4) is 0 Å². The van der Waals surface area contributed by atoms with Gasteiger partial charge in [0, 0.05) is 5.38 Å². The molecule has 0 aliphatic carbocycles. The average molecular weight is 274 g/mol. The lowest BCUT2D eigenvalue weighted by atomic mass is 10.2. The van der Waals surface area contributed by atoms with Crippen LogP contribution in [-0.2, 0) is 9.59 Å². The van der Waals surface area contributed by atoms with E-state index in [-0.39, 0.29) is 18.1 Å². The van der Waals surface area contributed by atoms with Gasteiger partial charge in [-0.3, -0.25) is 19.8 Å². The zero-order valence-corrected chi connectivity index (χ0v) is 10.2. The number of carboxylic acids is 1. The Labute approximate surface area is 106 Å². The lowest BCUT2D eigenvalue weighted by Crippen LogP contribution is -2.32. The molecule has 1 amide bonds. The Morgan fingerprint density at radius 2 is 2.53 bits per heavy atom. The predicted molar refractivity (Wildman–Crippen MR) is 64.9 cm³/mol. The molecule has 0 bridgehead atoms. The molecule has 7 nitrogen and oxygen atoms in total. The fourth-order valence-corrected chi connectivity index (χ4v) is 2.67. The topological polar surface area (TPSA) is 109 Å². The molecule has 4 N–H and O–H groups in total. The zero-order valence-electron chi connectivity index (χ0n) is 8.53. The highest BCUT2D eigenvalue weighted by Crippen LogP contribution is 2.27. The van der Waals surface area contributed by atoms with E-state index in [1.165, 1.54) is 10.3 Å². The highest BCUT2D eigenvalue weighted by Gasteiger charge is 2.32. The number of rotatable bonds is 3. The molecule has 9 heteroatoms. The van der Waals surface area contributed by atoms with Gasteiger partial charge >= 0.3 is 5.97 Å². The number of nitrogens with two attached hydrogens (primary N) is 1. The second kappa shape index (κ2) is 4.61. The fourth-order valence-electron chi connectivity index (χ4n) is 1.36. The third-order valence-corrected chi connectivity index (χ3v) is 3.52. The maximum atomic E-state index is 11.5. The summed E-state index contributed by atoms with van der Waals surface area (Å²) in [7, 11) is 0. The van der Waals surface area contributed by atoms with Crippen LogP contribution in [0.5, 0.6) is 0 Å². The summed E-state index contributed by atoms with van der Waals surface area (Å²) in [6.07, 6.45) is 0. The number of anilines is 1. The molecule has 2 unspecified atom stereocenters. The van der Waals surface area contributed by atoms with E-state index in [1.54, 1.807) is 0 Å². The minimum atomic E-state index is -1.18. The number of carbonyl (C=O) groups is 2. The molecular weight excluding hydrogens is 264 g/mol. The van der Waals surface area contributed by atoms with Crippen molar-refractivity contribution in [1.29, 1.82) is 0 Å². The number of amides is 1. The number of aromatic nitrogens is 1. The molecule has 1 saturated heterocycles. The summed E-state index contributed by atoms with van der Waals surface area (Å²) in [6.45, 7) is 0.189. The minimum absolute atomic E-state index is 0.158. The monoisotopic (exact) mass is 274 g/mol. The summed E-state index contributed by atoms with van der Waals surface area (Å²) in [5.74, 6) is -1.31. The number of thiazole rings is 1. The first kappa shape index (κ1) is 12.3. The molecular formula is C8H10N4O3S2. The summed E-state index contributed by atoms with van der Waals surface area (Å²) in [5.41, 5.74) is 5.22. The summed E-state index contributed by atoms with van der Waals surface area (Å²) < 4.78 is 0. The zero-order chi connectivity index (χ0) is 12.6. The van der Waals surface area contributed by atoms with Crippen molar-refractivity contribution in [2.75, 3.05) is 11.4 Å². The van der Waals surface area contributed by atoms with Gasteiger partial charge in [-0.25, -0.2) is 4.98 Å². The van der Waals surface area contributed by atoms with Gasteiger partial charge in [-0.2, -0.15) is 0 Å². The lowest BCUT2D eigenvalue weighted by Gasteiger charge is -2.16. The average Bonchev–Trinajstić information content (AvgIpc) is 2.85. The molecule has 2 heterocycles. The van der Waals surface area contributed by atoms with Crippen LogP contribution in [0.25, 0.3) is 0 Å². The van der Waals surface area contributed by atoms with E-state index in [0.717, 1.165) is 11.3 Å². The second-order valence-corrected chi connectivity index (χ2v) is 4.71. The number of hydrogen-bond acceptors (Lipinski definition) is 7. The van der Waals surface area contributed by atoms with Gasteiger partial charge < -0.3 is 10.8 Å². The molecule has 0 aromatic carbocycles.